The highest BCUT2D eigenvalue weighted by Gasteiger charge is 2.28. The number of aliphatic hydroxyl groups excluding tert-OH is 1. The van der Waals surface area contributed by atoms with E-state index in [2.05, 4.69) is 19.2 Å². The SMILES string of the molecule is CC[C@@H](CO)N[C@H](C)C1CC1. The monoisotopic (exact) mass is 157 g/mol. The molecular weight excluding hydrogens is 138 g/mol. The summed E-state index contributed by atoms with van der Waals surface area (Å²) in [7, 11) is 0. The van der Waals surface area contributed by atoms with Crippen molar-refractivity contribution in [2.45, 2.75) is 45.2 Å². The molecule has 0 amide bonds. The number of hydrogen-bond donors (Lipinski definition) is 2. The molecule has 1 aliphatic rings. The van der Waals surface area contributed by atoms with Crippen molar-refractivity contribution in [3.8, 4) is 0 Å². The smallest absolute Gasteiger partial charge is 0.0584 e. The highest BCUT2D eigenvalue weighted by atomic mass is 16.3. The van der Waals surface area contributed by atoms with Crippen molar-refractivity contribution in [3.63, 3.8) is 0 Å². The van der Waals surface area contributed by atoms with Gasteiger partial charge in [0.1, 0.15) is 0 Å². The number of rotatable bonds is 5. The molecule has 0 bridgehead atoms. The standard InChI is InChI=1S/C9H19NO/c1-3-9(6-11)10-7(2)8-4-5-8/h7-11H,3-6H2,1-2H3/t7-,9+/m1/s1. The van der Waals surface area contributed by atoms with Gasteiger partial charge in [-0.05, 0) is 32.1 Å². The van der Waals surface area contributed by atoms with Crippen LogP contribution in [0.4, 0.5) is 0 Å². The Morgan fingerprint density at radius 1 is 1.55 bits per heavy atom. The lowest BCUT2D eigenvalue weighted by atomic mass is 10.1. The molecule has 1 saturated carbocycles. The summed E-state index contributed by atoms with van der Waals surface area (Å²) in [5.41, 5.74) is 0. The van der Waals surface area contributed by atoms with E-state index in [1.54, 1.807) is 0 Å². The van der Waals surface area contributed by atoms with E-state index >= 15 is 0 Å². The van der Waals surface area contributed by atoms with E-state index < -0.39 is 0 Å². The summed E-state index contributed by atoms with van der Waals surface area (Å²) in [6.07, 6.45) is 3.76. The lowest BCUT2D eigenvalue weighted by Gasteiger charge is -2.19. The largest absolute Gasteiger partial charge is 0.395 e. The average Bonchev–Trinajstić information content (AvgIpc) is 2.81. The van der Waals surface area contributed by atoms with Gasteiger partial charge in [-0.3, -0.25) is 0 Å². The van der Waals surface area contributed by atoms with E-state index in [9.17, 15) is 0 Å². The molecular formula is C9H19NO. The molecule has 2 N–H and O–H groups in total. The Balaban J connectivity index is 2.15. The Morgan fingerprint density at radius 2 is 2.18 bits per heavy atom. The van der Waals surface area contributed by atoms with Crippen molar-refractivity contribution in [2.75, 3.05) is 6.61 Å². The molecule has 0 radical (unpaired) electrons. The van der Waals surface area contributed by atoms with Crippen molar-refractivity contribution >= 4 is 0 Å². The van der Waals surface area contributed by atoms with Crippen LogP contribution in [0.2, 0.25) is 0 Å². The molecule has 0 aromatic heterocycles. The van der Waals surface area contributed by atoms with Gasteiger partial charge in [-0.15, -0.1) is 0 Å². The zero-order chi connectivity index (χ0) is 8.27. The first-order chi connectivity index (χ1) is 5.27. The first-order valence-electron chi connectivity index (χ1n) is 4.64. The molecule has 0 saturated heterocycles. The zero-order valence-electron chi connectivity index (χ0n) is 7.51. The van der Waals surface area contributed by atoms with Crippen molar-refractivity contribution < 1.29 is 5.11 Å². The molecule has 0 aromatic rings. The summed E-state index contributed by atoms with van der Waals surface area (Å²) >= 11 is 0. The molecule has 1 fully saturated rings. The highest BCUT2D eigenvalue weighted by molar-refractivity contribution is 4.85. The molecule has 11 heavy (non-hydrogen) atoms. The van der Waals surface area contributed by atoms with Crippen LogP contribution in [0.5, 0.6) is 0 Å². The predicted molar refractivity (Wildman–Crippen MR) is 46.5 cm³/mol. The van der Waals surface area contributed by atoms with Crippen molar-refractivity contribution in [2.24, 2.45) is 5.92 Å². The van der Waals surface area contributed by atoms with Crippen LogP contribution in [0.15, 0.2) is 0 Å². The summed E-state index contributed by atoms with van der Waals surface area (Å²) in [6, 6.07) is 0.915. The van der Waals surface area contributed by atoms with Gasteiger partial charge in [0.15, 0.2) is 0 Å². The molecule has 0 aliphatic heterocycles. The van der Waals surface area contributed by atoms with Gasteiger partial charge in [0.05, 0.1) is 6.61 Å². The van der Waals surface area contributed by atoms with Crippen LogP contribution in [0.1, 0.15) is 33.1 Å². The van der Waals surface area contributed by atoms with E-state index in [0.29, 0.717) is 12.1 Å². The minimum absolute atomic E-state index is 0.271. The van der Waals surface area contributed by atoms with E-state index in [1.807, 2.05) is 0 Å². The first kappa shape index (κ1) is 9.01. The van der Waals surface area contributed by atoms with E-state index in [0.717, 1.165) is 12.3 Å². The fraction of sp³-hybridized carbons (Fsp3) is 1.00. The van der Waals surface area contributed by atoms with Crippen molar-refractivity contribution in [3.05, 3.63) is 0 Å². The van der Waals surface area contributed by atoms with Gasteiger partial charge < -0.3 is 10.4 Å². The molecule has 2 heteroatoms. The Hall–Kier alpha value is -0.0800. The maximum Gasteiger partial charge on any atom is 0.0584 e. The molecule has 0 aromatic carbocycles. The summed E-state index contributed by atoms with van der Waals surface area (Å²) in [6.45, 7) is 4.59. The lowest BCUT2D eigenvalue weighted by molar-refractivity contribution is 0.226. The molecule has 2 nitrogen and oxygen atoms in total. The molecule has 1 rings (SSSR count). The lowest BCUT2D eigenvalue weighted by Crippen LogP contribution is -2.39. The summed E-state index contributed by atoms with van der Waals surface area (Å²) in [5, 5.41) is 12.3. The van der Waals surface area contributed by atoms with Crippen LogP contribution >= 0.6 is 0 Å². The van der Waals surface area contributed by atoms with E-state index in [1.165, 1.54) is 12.8 Å². The fourth-order valence-corrected chi connectivity index (χ4v) is 1.40. The normalized spacial score (nSPS) is 23.2. The average molecular weight is 157 g/mol. The van der Waals surface area contributed by atoms with Crippen LogP contribution in [0.25, 0.3) is 0 Å². The van der Waals surface area contributed by atoms with Gasteiger partial charge in [0.25, 0.3) is 0 Å². The van der Waals surface area contributed by atoms with Crippen LogP contribution in [-0.2, 0) is 0 Å². The van der Waals surface area contributed by atoms with Gasteiger partial charge in [0, 0.05) is 12.1 Å². The van der Waals surface area contributed by atoms with Crippen LogP contribution in [0.3, 0.4) is 0 Å². The topological polar surface area (TPSA) is 32.3 Å². The number of hydrogen-bond acceptors (Lipinski definition) is 2. The highest BCUT2D eigenvalue weighted by Crippen LogP contribution is 2.32. The predicted octanol–water partition coefficient (Wildman–Crippen LogP) is 1.15. The maximum atomic E-state index is 8.91. The summed E-state index contributed by atoms with van der Waals surface area (Å²) in [5.74, 6) is 0.885. The molecule has 2 atom stereocenters. The van der Waals surface area contributed by atoms with Gasteiger partial charge in [-0.2, -0.15) is 0 Å². The minimum Gasteiger partial charge on any atom is -0.395 e. The van der Waals surface area contributed by atoms with Crippen LogP contribution < -0.4 is 5.32 Å². The van der Waals surface area contributed by atoms with E-state index in [-0.39, 0.29) is 6.61 Å². The third-order valence-corrected chi connectivity index (χ3v) is 2.54. The number of aliphatic hydroxyl groups is 1. The second-order valence-electron chi connectivity index (χ2n) is 3.58. The Kier molecular flexibility index (Phi) is 3.34. The second-order valence-corrected chi connectivity index (χ2v) is 3.58. The molecule has 66 valence electrons. The van der Waals surface area contributed by atoms with Gasteiger partial charge in [-0.1, -0.05) is 6.92 Å². The van der Waals surface area contributed by atoms with Crippen LogP contribution in [0, 0.1) is 5.92 Å². The van der Waals surface area contributed by atoms with E-state index in [4.69, 9.17) is 5.11 Å². The van der Waals surface area contributed by atoms with Gasteiger partial charge in [0.2, 0.25) is 0 Å². The Morgan fingerprint density at radius 3 is 2.55 bits per heavy atom. The second kappa shape index (κ2) is 4.07. The van der Waals surface area contributed by atoms with Crippen molar-refractivity contribution in [1.29, 1.82) is 0 Å². The molecule has 0 spiro atoms. The van der Waals surface area contributed by atoms with Crippen LogP contribution in [-0.4, -0.2) is 23.8 Å². The number of nitrogens with one attached hydrogen (secondary N) is 1. The zero-order valence-corrected chi connectivity index (χ0v) is 7.51. The molecule has 0 heterocycles. The Labute approximate surface area is 69.0 Å². The molecule has 1 aliphatic carbocycles. The third-order valence-electron chi connectivity index (χ3n) is 2.54. The quantitative estimate of drug-likeness (QED) is 0.627. The maximum absolute atomic E-state index is 8.91. The summed E-state index contributed by atoms with van der Waals surface area (Å²) < 4.78 is 0. The Bertz CT molecular complexity index is 108. The summed E-state index contributed by atoms with van der Waals surface area (Å²) in [4.78, 5) is 0. The molecule has 0 unspecified atom stereocenters. The van der Waals surface area contributed by atoms with Gasteiger partial charge >= 0.3 is 0 Å². The van der Waals surface area contributed by atoms with Crippen molar-refractivity contribution in [1.82, 2.24) is 5.32 Å². The third kappa shape index (κ3) is 2.80. The fourth-order valence-electron chi connectivity index (χ4n) is 1.40. The minimum atomic E-state index is 0.271. The first-order valence-corrected chi connectivity index (χ1v) is 4.64. The van der Waals surface area contributed by atoms with Gasteiger partial charge in [-0.25, -0.2) is 0 Å².